The fourth-order valence-corrected chi connectivity index (χ4v) is 1.87. The normalized spacial score (nSPS) is 10.2. The van der Waals surface area contributed by atoms with Crippen molar-refractivity contribution < 1.29 is 4.79 Å². The SMILES string of the molecule is CCCNC(=O)c1ccc(Nc2cccc(C)c2C)nn1. The van der Waals surface area contributed by atoms with Gasteiger partial charge in [0.25, 0.3) is 5.91 Å². The van der Waals surface area contributed by atoms with Crippen LogP contribution in [-0.4, -0.2) is 22.6 Å². The van der Waals surface area contributed by atoms with Crippen LogP contribution in [0.3, 0.4) is 0 Å². The molecule has 0 unspecified atom stereocenters. The van der Waals surface area contributed by atoms with Gasteiger partial charge < -0.3 is 10.6 Å². The largest absolute Gasteiger partial charge is 0.351 e. The zero-order valence-corrected chi connectivity index (χ0v) is 12.6. The molecule has 0 atom stereocenters. The summed E-state index contributed by atoms with van der Waals surface area (Å²) in [6.45, 7) is 6.76. The van der Waals surface area contributed by atoms with E-state index < -0.39 is 0 Å². The first-order valence-electron chi connectivity index (χ1n) is 7.07. The van der Waals surface area contributed by atoms with Crippen LogP contribution in [0.5, 0.6) is 0 Å². The first-order chi connectivity index (χ1) is 10.1. The van der Waals surface area contributed by atoms with Crippen LogP contribution in [0.25, 0.3) is 0 Å². The van der Waals surface area contributed by atoms with E-state index >= 15 is 0 Å². The molecule has 5 nitrogen and oxygen atoms in total. The number of aryl methyl sites for hydroxylation is 1. The van der Waals surface area contributed by atoms with Gasteiger partial charge in [-0.15, -0.1) is 10.2 Å². The van der Waals surface area contributed by atoms with Gasteiger partial charge in [-0.25, -0.2) is 0 Å². The lowest BCUT2D eigenvalue weighted by molar-refractivity contribution is 0.0947. The third kappa shape index (κ3) is 3.78. The quantitative estimate of drug-likeness (QED) is 0.885. The zero-order valence-electron chi connectivity index (χ0n) is 12.6. The van der Waals surface area contributed by atoms with E-state index in [9.17, 15) is 4.79 Å². The molecule has 1 heterocycles. The molecule has 0 fully saturated rings. The fourth-order valence-electron chi connectivity index (χ4n) is 1.87. The molecule has 21 heavy (non-hydrogen) atoms. The molecule has 0 saturated heterocycles. The predicted molar refractivity (Wildman–Crippen MR) is 83.9 cm³/mol. The van der Waals surface area contributed by atoms with Crippen molar-refractivity contribution in [3.63, 3.8) is 0 Å². The molecule has 2 rings (SSSR count). The van der Waals surface area contributed by atoms with E-state index in [2.05, 4.69) is 40.7 Å². The van der Waals surface area contributed by atoms with Crippen LogP contribution >= 0.6 is 0 Å². The van der Waals surface area contributed by atoms with Gasteiger partial charge in [-0.2, -0.15) is 0 Å². The van der Waals surface area contributed by atoms with Gasteiger partial charge in [0.1, 0.15) is 0 Å². The van der Waals surface area contributed by atoms with E-state index in [1.807, 2.05) is 19.1 Å². The Hall–Kier alpha value is -2.43. The van der Waals surface area contributed by atoms with Gasteiger partial charge in [0, 0.05) is 12.2 Å². The van der Waals surface area contributed by atoms with Crippen LogP contribution in [0.15, 0.2) is 30.3 Å². The monoisotopic (exact) mass is 284 g/mol. The molecule has 0 aliphatic carbocycles. The standard InChI is InChI=1S/C16H20N4O/c1-4-10-17-16(21)14-8-9-15(20-19-14)18-13-7-5-6-11(2)12(13)3/h5-9H,4,10H2,1-3H3,(H,17,21)(H,18,20). The van der Waals surface area contributed by atoms with Crippen molar-refractivity contribution in [1.82, 2.24) is 15.5 Å². The number of nitrogens with one attached hydrogen (secondary N) is 2. The Morgan fingerprint density at radius 3 is 2.62 bits per heavy atom. The molecular formula is C16H20N4O. The van der Waals surface area contributed by atoms with Crippen molar-refractivity contribution in [3.05, 3.63) is 47.2 Å². The van der Waals surface area contributed by atoms with E-state index in [-0.39, 0.29) is 5.91 Å². The molecule has 0 aliphatic heterocycles. The Bertz CT molecular complexity index is 623. The molecule has 0 spiro atoms. The summed E-state index contributed by atoms with van der Waals surface area (Å²) in [5, 5.41) is 14.0. The highest BCUT2D eigenvalue weighted by Crippen LogP contribution is 2.21. The second-order valence-corrected chi connectivity index (χ2v) is 4.93. The number of anilines is 2. The first kappa shape index (κ1) is 15.0. The lowest BCUT2D eigenvalue weighted by Gasteiger charge is -2.10. The number of amides is 1. The van der Waals surface area contributed by atoms with Gasteiger partial charge in [-0.3, -0.25) is 4.79 Å². The summed E-state index contributed by atoms with van der Waals surface area (Å²) >= 11 is 0. The summed E-state index contributed by atoms with van der Waals surface area (Å²) < 4.78 is 0. The van der Waals surface area contributed by atoms with E-state index in [1.165, 1.54) is 11.1 Å². The van der Waals surface area contributed by atoms with Gasteiger partial charge >= 0.3 is 0 Å². The van der Waals surface area contributed by atoms with Gasteiger partial charge in [0.2, 0.25) is 0 Å². The smallest absolute Gasteiger partial charge is 0.271 e. The summed E-state index contributed by atoms with van der Waals surface area (Å²) in [5.74, 6) is 0.429. The third-order valence-electron chi connectivity index (χ3n) is 3.30. The fraction of sp³-hybridized carbons (Fsp3) is 0.312. The van der Waals surface area contributed by atoms with Gasteiger partial charge in [-0.1, -0.05) is 19.1 Å². The molecule has 110 valence electrons. The molecule has 1 aromatic heterocycles. The molecule has 0 bridgehead atoms. The van der Waals surface area contributed by atoms with Crippen molar-refractivity contribution >= 4 is 17.4 Å². The molecule has 2 aromatic rings. The zero-order chi connectivity index (χ0) is 15.2. The number of benzene rings is 1. The maximum absolute atomic E-state index is 11.7. The highest BCUT2D eigenvalue weighted by atomic mass is 16.1. The van der Waals surface area contributed by atoms with E-state index in [0.717, 1.165) is 12.1 Å². The van der Waals surface area contributed by atoms with Crippen molar-refractivity contribution in [2.45, 2.75) is 27.2 Å². The number of hydrogen-bond donors (Lipinski definition) is 2. The van der Waals surface area contributed by atoms with E-state index in [1.54, 1.807) is 12.1 Å². The van der Waals surface area contributed by atoms with Crippen molar-refractivity contribution in [1.29, 1.82) is 0 Å². The summed E-state index contributed by atoms with van der Waals surface area (Å²) in [7, 11) is 0. The summed E-state index contributed by atoms with van der Waals surface area (Å²) in [6, 6.07) is 9.48. The van der Waals surface area contributed by atoms with Crippen LogP contribution < -0.4 is 10.6 Å². The number of hydrogen-bond acceptors (Lipinski definition) is 4. The summed E-state index contributed by atoms with van der Waals surface area (Å²) in [5.41, 5.74) is 3.70. The molecule has 2 N–H and O–H groups in total. The third-order valence-corrected chi connectivity index (χ3v) is 3.30. The minimum Gasteiger partial charge on any atom is -0.351 e. The van der Waals surface area contributed by atoms with Crippen LogP contribution in [-0.2, 0) is 0 Å². The Morgan fingerprint density at radius 2 is 1.95 bits per heavy atom. The topological polar surface area (TPSA) is 66.9 Å². The minimum absolute atomic E-state index is 0.192. The number of carbonyl (C=O) groups is 1. The molecule has 5 heteroatoms. The highest BCUT2D eigenvalue weighted by molar-refractivity contribution is 5.92. The molecule has 0 aliphatic rings. The number of rotatable bonds is 5. The minimum atomic E-state index is -0.192. The average Bonchev–Trinajstić information content (AvgIpc) is 2.50. The molecule has 0 saturated carbocycles. The van der Waals surface area contributed by atoms with E-state index in [0.29, 0.717) is 18.1 Å². The second kappa shape index (κ2) is 6.83. The van der Waals surface area contributed by atoms with E-state index in [4.69, 9.17) is 0 Å². The Morgan fingerprint density at radius 1 is 1.14 bits per heavy atom. The lowest BCUT2D eigenvalue weighted by Crippen LogP contribution is -2.25. The Kier molecular flexibility index (Phi) is 4.87. The second-order valence-electron chi connectivity index (χ2n) is 4.93. The van der Waals surface area contributed by atoms with Crippen molar-refractivity contribution in [2.24, 2.45) is 0 Å². The van der Waals surface area contributed by atoms with Crippen LogP contribution in [0.2, 0.25) is 0 Å². The number of nitrogens with zero attached hydrogens (tertiary/aromatic N) is 2. The Labute approximate surface area is 124 Å². The molecule has 1 amide bonds. The van der Waals surface area contributed by atoms with Gasteiger partial charge in [0.05, 0.1) is 0 Å². The van der Waals surface area contributed by atoms with Crippen LogP contribution in [0.4, 0.5) is 11.5 Å². The first-order valence-corrected chi connectivity index (χ1v) is 7.07. The van der Waals surface area contributed by atoms with Gasteiger partial charge in [0.15, 0.2) is 11.5 Å². The average molecular weight is 284 g/mol. The van der Waals surface area contributed by atoms with Crippen LogP contribution in [0, 0.1) is 13.8 Å². The van der Waals surface area contributed by atoms with Crippen molar-refractivity contribution in [3.8, 4) is 0 Å². The number of carbonyl (C=O) groups excluding carboxylic acids is 1. The van der Waals surface area contributed by atoms with Crippen molar-refractivity contribution in [2.75, 3.05) is 11.9 Å². The predicted octanol–water partition coefficient (Wildman–Crippen LogP) is 2.98. The summed E-state index contributed by atoms with van der Waals surface area (Å²) in [4.78, 5) is 11.7. The maximum atomic E-state index is 11.7. The number of aromatic nitrogens is 2. The molecular weight excluding hydrogens is 264 g/mol. The summed E-state index contributed by atoms with van der Waals surface area (Å²) in [6.07, 6.45) is 0.894. The highest BCUT2D eigenvalue weighted by Gasteiger charge is 2.08. The molecule has 0 radical (unpaired) electrons. The van der Waals surface area contributed by atoms with Gasteiger partial charge in [-0.05, 0) is 49.6 Å². The van der Waals surface area contributed by atoms with Crippen LogP contribution in [0.1, 0.15) is 35.0 Å². The maximum Gasteiger partial charge on any atom is 0.271 e. The lowest BCUT2D eigenvalue weighted by atomic mass is 10.1. The molecule has 1 aromatic carbocycles. The Balaban J connectivity index is 2.09.